The molecule has 0 spiro atoms. The molecule has 2 fully saturated rings. The molecule has 0 N–H and O–H groups in total. The van der Waals surface area contributed by atoms with Crippen molar-refractivity contribution < 1.29 is 0 Å². The summed E-state index contributed by atoms with van der Waals surface area (Å²) in [6, 6.07) is 2.90. The second-order valence-electron chi connectivity index (χ2n) is 5.56. The van der Waals surface area contributed by atoms with E-state index < -0.39 is 0 Å². The van der Waals surface area contributed by atoms with Crippen LogP contribution in [0, 0.1) is 13.8 Å². The van der Waals surface area contributed by atoms with Gasteiger partial charge in [-0.25, -0.2) is 9.97 Å². The Hall–Kier alpha value is -1.16. The standard InChI is InChI=1S/C14H22N4/c1-11-10-12(2)16-14(15-11)18-8-6-17(7-9-18)13-4-3-5-13/h10,13H,3-9H2,1-2H3. The Morgan fingerprint density at radius 1 is 1.00 bits per heavy atom. The molecular weight excluding hydrogens is 224 g/mol. The van der Waals surface area contributed by atoms with E-state index in [2.05, 4.69) is 19.8 Å². The Morgan fingerprint density at radius 3 is 2.11 bits per heavy atom. The highest BCUT2D eigenvalue weighted by atomic mass is 15.3. The van der Waals surface area contributed by atoms with E-state index in [1.54, 1.807) is 0 Å². The highest BCUT2D eigenvalue weighted by Gasteiger charge is 2.28. The molecule has 0 amide bonds. The third-order valence-corrected chi connectivity index (χ3v) is 4.16. The van der Waals surface area contributed by atoms with Gasteiger partial charge in [0.25, 0.3) is 0 Å². The predicted molar refractivity (Wildman–Crippen MR) is 72.9 cm³/mol. The van der Waals surface area contributed by atoms with Gasteiger partial charge in [0.1, 0.15) is 0 Å². The van der Waals surface area contributed by atoms with Gasteiger partial charge in [0.2, 0.25) is 5.95 Å². The Bertz CT molecular complexity index is 400. The lowest BCUT2D eigenvalue weighted by atomic mass is 9.91. The van der Waals surface area contributed by atoms with E-state index in [9.17, 15) is 0 Å². The molecule has 1 saturated carbocycles. The van der Waals surface area contributed by atoms with Crippen LogP contribution < -0.4 is 4.90 Å². The summed E-state index contributed by atoms with van der Waals surface area (Å²) in [6.07, 6.45) is 4.23. The van der Waals surface area contributed by atoms with E-state index >= 15 is 0 Å². The molecule has 0 unspecified atom stereocenters. The molecule has 1 aromatic rings. The Kier molecular flexibility index (Phi) is 3.20. The maximum Gasteiger partial charge on any atom is 0.225 e. The summed E-state index contributed by atoms with van der Waals surface area (Å²) >= 11 is 0. The first-order valence-corrected chi connectivity index (χ1v) is 7.03. The first-order valence-electron chi connectivity index (χ1n) is 7.03. The molecule has 1 aliphatic heterocycles. The number of aromatic nitrogens is 2. The summed E-state index contributed by atoms with van der Waals surface area (Å²) in [6.45, 7) is 8.56. The van der Waals surface area contributed by atoms with Crippen molar-refractivity contribution in [2.45, 2.75) is 39.2 Å². The maximum absolute atomic E-state index is 4.56. The lowest BCUT2D eigenvalue weighted by Crippen LogP contribution is -2.52. The number of aryl methyl sites for hydroxylation is 2. The fourth-order valence-electron chi connectivity index (χ4n) is 2.89. The molecule has 2 heterocycles. The first-order chi connectivity index (χ1) is 8.72. The molecule has 18 heavy (non-hydrogen) atoms. The van der Waals surface area contributed by atoms with E-state index in [0.29, 0.717) is 0 Å². The fourth-order valence-corrected chi connectivity index (χ4v) is 2.89. The van der Waals surface area contributed by atoms with Crippen molar-refractivity contribution in [1.29, 1.82) is 0 Å². The van der Waals surface area contributed by atoms with Crippen molar-refractivity contribution in [3.63, 3.8) is 0 Å². The van der Waals surface area contributed by atoms with Crippen molar-refractivity contribution in [3.8, 4) is 0 Å². The van der Waals surface area contributed by atoms with Crippen LogP contribution in [-0.2, 0) is 0 Å². The molecule has 98 valence electrons. The average molecular weight is 246 g/mol. The molecule has 1 saturated heterocycles. The van der Waals surface area contributed by atoms with Gasteiger partial charge in [0, 0.05) is 43.6 Å². The van der Waals surface area contributed by atoms with E-state index in [4.69, 9.17) is 0 Å². The van der Waals surface area contributed by atoms with Crippen LogP contribution in [0.1, 0.15) is 30.7 Å². The smallest absolute Gasteiger partial charge is 0.225 e. The molecule has 4 heteroatoms. The average Bonchev–Trinajstić information content (AvgIpc) is 2.26. The normalized spacial score (nSPS) is 22.0. The quantitative estimate of drug-likeness (QED) is 0.796. The van der Waals surface area contributed by atoms with Crippen LogP contribution in [0.15, 0.2) is 6.07 Å². The topological polar surface area (TPSA) is 32.3 Å². The Labute approximate surface area is 109 Å². The molecular formula is C14H22N4. The molecule has 0 radical (unpaired) electrons. The van der Waals surface area contributed by atoms with Crippen molar-refractivity contribution >= 4 is 5.95 Å². The maximum atomic E-state index is 4.56. The Balaban J connectivity index is 1.64. The van der Waals surface area contributed by atoms with Gasteiger partial charge < -0.3 is 4.90 Å². The van der Waals surface area contributed by atoms with Gasteiger partial charge in [0.15, 0.2) is 0 Å². The zero-order chi connectivity index (χ0) is 12.5. The number of hydrogen-bond acceptors (Lipinski definition) is 4. The van der Waals surface area contributed by atoms with Crippen LogP contribution in [0.25, 0.3) is 0 Å². The lowest BCUT2D eigenvalue weighted by molar-refractivity contribution is 0.120. The second-order valence-corrected chi connectivity index (χ2v) is 5.56. The molecule has 4 nitrogen and oxygen atoms in total. The van der Waals surface area contributed by atoms with Crippen LogP contribution in [0.3, 0.4) is 0 Å². The monoisotopic (exact) mass is 246 g/mol. The zero-order valence-electron chi connectivity index (χ0n) is 11.4. The lowest BCUT2D eigenvalue weighted by Gasteiger charge is -2.42. The minimum absolute atomic E-state index is 0.868. The molecule has 1 aromatic heterocycles. The highest BCUT2D eigenvalue weighted by molar-refractivity contribution is 5.32. The van der Waals surface area contributed by atoms with Crippen molar-refractivity contribution in [3.05, 3.63) is 17.5 Å². The minimum Gasteiger partial charge on any atom is -0.338 e. The fraction of sp³-hybridized carbons (Fsp3) is 0.714. The first kappa shape index (κ1) is 11.9. The highest BCUT2D eigenvalue weighted by Crippen LogP contribution is 2.26. The summed E-state index contributed by atoms with van der Waals surface area (Å²) in [5.74, 6) is 0.917. The van der Waals surface area contributed by atoms with E-state index in [0.717, 1.165) is 36.5 Å². The van der Waals surface area contributed by atoms with Crippen molar-refractivity contribution in [1.82, 2.24) is 14.9 Å². The van der Waals surface area contributed by atoms with Crippen molar-refractivity contribution in [2.24, 2.45) is 0 Å². The molecule has 0 atom stereocenters. The number of hydrogen-bond donors (Lipinski definition) is 0. The van der Waals surface area contributed by atoms with Crippen LogP contribution in [-0.4, -0.2) is 47.1 Å². The van der Waals surface area contributed by atoms with Gasteiger partial charge in [-0.05, 0) is 32.8 Å². The summed E-state index contributed by atoms with van der Waals surface area (Å²) < 4.78 is 0. The minimum atomic E-state index is 0.868. The van der Waals surface area contributed by atoms with Gasteiger partial charge >= 0.3 is 0 Å². The number of piperazine rings is 1. The van der Waals surface area contributed by atoms with Gasteiger partial charge in [-0.3, -0.25) is 4.90 Å². The van der Waals surface area contributed by atoms with Crippen LogP contribution in [0.5, 0.6) is 0 Å². The van der Waals surface area contributed by atoms with Crippen molar-refractivity contribution in [2.75, 3.05) is 31.1 Å². The van der Waals surface area contributed by atoms with E-state index in [1.807, 2.05) is 19.9 Å². The van der Waals surface area contributed by atoms with Crippen LogP contribution in [0.4, 0.5) is 5.95 Å². The van der Waals surface area contributed by atoms with E-state index in [-0.39, 0.29) is 0 Å². The van der Waals surface area contributed by atoms with Gasteiger partial charge in [-0.15, -0.1) is 0 Å². The summed E-state index contributed by atoms with van der Waals surface area (Å²) in [5.41, 5.74) is 2.14. The van der Waals surface area contributed by atoms with Gasteiger partial charge in [0.05, 0.1) is 0 Å². The summed E-state index contributed by atoms with van der Waals surface area (Å²) in [4.78, 5) is 14.1. The SMILES string of the molecule is Cc1cc(C)nc(N2CCN(C3CCC3)CC2)n1. The second kappa shape index (κ2) is 4.84. The molecule has 0 bridgehead atoms. The molecule has 3 rings (SSSR count). The number of anilines is 1. The third-order valence-electron chi connectivity index (χ3n) is 4.16. The number of rotatable bonds is 2. The molecule has 1 aliphatic carbocycles. The Morgan fingerprint density at radius 2 is 1.61 bits per heavy atom. The summed E-state index contributed by atoms with van der Waals surface area (Å²) in [5, 5.41) is 0. The number of nitrogens with zero attached hydrogens (tertiary/aromatic N) is 4. The molecule has 2 aliphatic rings. The summed E-state index contributed by atoms with van der Waals surface area (Å²) in [7, 11) is 0. The zero-order valence-corrected chi connectivity index (χ0v) is 11.4. The largest absolute Gasteiger partial charge is 0.338 e. The van der Waals surface area contributed by atoms with Crippen LogP contribution in [0.2, 0.25) is 0 Å². The van der Waals surface area contributed by atoms with E-state index in [1.165, 1.54) is 32.4 Å². The predicted octanol–water partition coefficient (Wildman–Crippen LogP) is 1.77. The van der Waals surface area contributed by atoms with Crippen LogP contribution >= 0.6 is 0 Å². The third kappa shape index (κ3) is 2.34. The van der Waals surface area contributed by atoms with Gasteiger partial charge in [-0.2, -0.15) is 0 Å². The van der Waals surface area contributed by atoms with Gasteiger partial charge in [-0.1, -0.05) is 6.42 Å². The molecule has 0 aromatic carbocycles.